The number of pyridine rings is 1. The molecule has 2 aromatic heterocycles. The Labute approximate surface area is 162 Å². The van der Waals surface area contributed by atoms with Crippen molar-refractivity contribution >= 4 is 17.5 Å². The number of ether oxygens (including phenoxy) is 1. The zero-order valence-electron chi connectivity index (χ0n) is 15.1. The number of allylic oxidation sites excluding steroid dienone is 3. The lowest BCUT2D eigenvalue weighted by atomic mass is 9.93. The Morgan fingerprint density at radius 1 is 1.30 bits per heavy atom. The van der Waals surface area contributed by atoms with Crippen LogP contribution in [0.15, 0.2) is 58.6 Å². The van der Waals surface area contributed by atoms with Gasteiger partial charge in [0.25, 0.3) is 5.56 Å². The van der Waals surface area contributed by atoms with Crippen molar-refractivity contribution in [1.82, 2.24) is 14.5 Å². The van der Waals surface area contributed by atoms with Gasteiger partial charge < -0.3 is 9.64 Å². The molecule has 0 aromatic carbocycles. The summed E-state index contributed by atoms with van der Waals surface area (Å²) in [6.07, 6.45) is 10.4. The first kappa shape index (κ1) is 17.9. The van der Waals surface area contributed by atoms with Gasteiger partial charge >= 0.3 is 0 Å². The van der Waals surface area contributed by atoms with Gasteiger partial charge in [-0.15, -0.1) is 0 Å². The van der Waals surface area contributed by atoms with Crippen LogP contribution in [0.2, 0.25) is 0 Å². The number of aromatic nitrogens is 3. The maximum Gasteiger partial charge on any atom is 0.255 e. The van der Waals surface area contributed by atoms with Crippen molar-refractivity contribution in [2.75, 3.05) is 24.6 Å². The molecule has 2 atom stereocenters. The zero-order chi connectivity index (χ0) is 18.8. The van der Waals surface area contributed by atoms with E-state index in [9.17, 15) is 4.79 Å². The van der Waals surface area contributed by atoms with Crippen LogP contribution >= 0.6 is 11.6 Å². The number of morpholine rings is 1. The highest BCUT2D eigenvalue weighted by Crippen LogP contribution is 2.27. The first-order chi connectivity index (χ1) is 13.1. The lowest BCUT2D eigenvalue weighted by molar-refractivity contribution is 0.0139. The van der Waals surface area contributed by atoms with Gasteiger partial charge in [-0.05, 0) is 24.6 Å². The molecule has 2 aromatic rings. The largest absolute Gasteiger partial charge is 0.374 e. The fraction of sp³-hybridized carbons (Fsp3) is 0.350. The smallest absolute Gasteiger partial charge is 0.255 e. The monoisotopic (exact) mass is 384 g/mol. The molecule has 0 saturated carbocycles. The summed E-state index contributed by atoms with van der Waals surface area (Å²) in [5.74, 6) is 0.937. The molecule has 0 spiro atoms. The number of hydrogen-bond donors (Lipinski definition) is 0. The van der Waals surface area contributed by atoms with Gasteiger partial charge in [0.1, 0.15) is 0 Å². The molecule has 1 saturated heterocycles. The first-order valence-electron chi connectivity index (χ1n) is 9.01. The molecule has 3 heterocycles. The van der Waals surface area contributed by atoms with E-state index in [1.54, 1.807) is 30.1 Å². The fourth-order valence-electron chi connectivity index (χ4n) is 3.48. The van der Waals surface area contributed by atoms with Crippen LogP contribution in [0.4, 0.5) is 5.95 Å². The second-order valence-corrected chi connectivity index (χ2v) is 7.21. The number of anilines is 1. The molecular weight excluding hydrogens is 364 g/mol. The minimum atomic E-state index is -0.0814. The topological polar surface area (TPSA) is 60.2 Å². The van der Waals surface area contributed by atoms with Crippen LogP contribution < -0.4 is 10.5 Å². The highest BCUT2D eigenvalue weighted by molar-refractivity contribution is 6.31. The van der Waals surface area contributed by atoms with E-state index in [0.29, 0.717) is 31.3 Å². The Kier molecular flexibility index (Phi) is 5.09. The van der Waals surface area contributed by atoms with Crippen LogP contribution in [0.3, 0.4) is 0 Å². The summed E-state index contributed by atoms with van der Waals surface area (Å²) >= 11 is 6.03. The fourth-order valence-corrected chi connectivity index (χ4v) is 3.65. The maximum absolute atomic E-state index is 12.5. The van der Waals surface area contributed by atoms with Gasteiger partial charge in [-0.2, -0.15) is 0 Å². The highest BCUT2D eigenvalue weighted by atomic mass is 35.5. The van der Waals surface area contributed by atoms with E-state index in [0.717, 1.165) is 17.0 Å². The Bertz CT molecular complexity index is 939. The summed E-state index contributed by atoms with van der Waals surface area (Å²) in [5, 5.41) is 0.771. The average molecular weight is 385 g/mol. The average Bonchev–Trinajstić information content (AvgIpc) is 2.71. The molecule has 1 unspecified atom stereocenters. The van der Waals surface area contributed by atoms with Crippen molar-refractivity contribution in [3.05, 3.63) is 64.2 Å². The number of hydrogen-bond acceptors (Lipinski definition) is 5. The lowest BCUT2D eigenvalue weighted by Gasteiger charge is -2.37. The zero-order valence-corrected chi connectivity index (χ0v) is 15.8. The van der Waals surface area contributed by atoms with Gasteiger partial charge in [0, 0.05) is 55.1 Å². The van der Waals surface area contributed by atoms with Gasteiger partial charge in [0.05, 0.1) is 18.4 Å². The Balaban J connectivity index is 1.61. The maximum atomic E-state index is 12.5. The molecule has 6 nitrogen and oxygen atoms in total. The molecule has 0 N–H and O–H groups in total. The van der Waals surface area contributed by atoms with Crippen molar-refractivity contribution in [1.29, 1.82) is 0 Å². The SMILES string of the molecule is Cn1c(N2CCO[C@H](C3C=CC(Cl)=CC3)C2)nc(-c2ccncc2)cc1=O. The van der Waals surface area contributed by atoms with Crippen molar-refractivity contribution in [2.24, 2.45) is 13.0 Å². The standard InChI is InChI=1S/C20H21ClN4O2/c1-24-19(26)12-17(14-6-8-22-9-7-14)23-20(24)25-10-11-27-18(13-25)15-2-4-16(21)5-3-15/h2,4-9,12,15,18H,3,10-11,13H2,1H3/t15?,18-/m0/s1. The van der Waals surface area contributed by atoms with Crippen LogP contribution in [0.5, 0.6) is 0 Å². The summed E-state index contributed by atoms with van der Waals surface area (Å²) in [7, 11) is 1.76. The second kappa shape index (κ2) is 7.66. The van der Waals surface area contributed by atoms with E-state index in [2.05, 4.69) is 16.0 Å². The molecule has 0 radical (unpaired) electrons. The number of halogens is 1. The normalized spacial score (nSPS) is 22.6. The van der Waals surface area contributed by atoms with Crippen molar-refractivity contribution in [3.63, 3.8) is 0 Å². The van der Waals surface area contributed by atoms with Gasteiger partial charge in [-0.3, -0.25) is 14.3 Å². The molecule has 0 bridgehead atoms. The summed E-state index contributed by atoms with van der Waals surface area (Å²) in [5.41, 5.74) is 1.46. The van der Waals surface area contributed by atoms with E-state index in [-0.39, 0.29) is 17.6 Å². The van der Waals surface area contributed by atoms with Crippen molar-refractivity contribution in [2.45, 2.75) is 12.5 Å². The third-order valence-corrected chi connectivity index (χ3v) is 5.31. The molecule has 4 rings (SSSR count). The summed E-state index contributed by atoms with van der Waals surface area (Å²) < 4.78 is 7.60. The van der Waals surface area contributed by atoms with Crippen molar-refractivity contribution in [3.8, 4) is 11.3 Å². The minimum absolute atomic E-state index is 0.0394. The predicted octanol–water partition coefficient (Wildman–Crippen LogP) is 2.75. The summed E-state index contributed by atoms with van der Waals surface area (Å²) in [6, 6.07) is 5.28. The molecule has 140 valence electrons. The Morgan fingerprint density at radius 2 is 2.11 bits per heavy atom. The van der Waals surface area contributed by atoms with Gasteiger partial charge in [-0.25, -0.2) is 4.98 Å². The first-order valence-corrected chi connectivity index (χ1v) is 9.38. The van der Waals surface area contributed by atoms with Gasteiger partial charge in [0.2, 0.25) is 5.95 Å². The summed E-state index contributed by atoms with van der Waals surface area (Å²) in [4.78, 5) is 23.4. The van der Waals surface area contributed by atoms with Gasteiger partial charge in [-0.1, -0.05) is 23.8 Å². The van der Waals surface area contributed by atoms with Crippen LogP contribution in [0.1, 0.15) is 6.42 Å². The highest BCUT2D eigenvalue weighted by Gasteiger charge is 2.29. The molecule has 27 heavy (non-hydrogen) atoms. The summed E-state index contributed by atoms with van der Waals surface area (Å²) in [6.45, 7) is 1.98. The number of rotatable bonds is 3. The molecule has 0 amide bonds. The van der Waals surface area contributed by atoms with E-state index in [1.165, 1.54) is 0 Å². The Hall–Kier alpha value is -2.44. The van der Waals surface area contributed by atoms with E-state index < -0.39 is 0 Å². The molecule has 1 aliphatic carbocycles. The molecular formula is C20H21ClN4O2. The Morgan fingerprint density at radius 3 is 2.85 bits per heavy atom. The van der Waals surface area contributed by atoms with Crippen LogP contribution in [-0.2, 0) is 11.8 Å². The van der Waals surface area contributed by atoms with E-state index in [4.69, 9.17) is 21.3 Å². The third-order valence-electron chi connectivity index (χ3n) is 5.03. The quantitative estimate of drug-likeness (QED) is 0.814. The predicted molar refractivity (Wildman–Crippen MR) is 106 cm³/mol. The minimum Gasteiger partial charge on any atom is -0.374 e. The van der Waals surface area contributed by atoms with Crippen LogP contribution in [0, 0.1) is 5.92 Å². The molecule has 2 aliphatic rings. The third kappa shape index (κ3) is 3.82. The van der Waals surface area contributed by atoms with E-state index >= 15 is 0 Å². The molecule has 1 aliphatic heterocycles. The lowest BCUT2D eigenvalue weighted by Crippen LogP contribution is -2.47. The molecule has 7 heteroatoms. The molecule has 1 fully saturated rings. The second-order valence-electron chi connectivity index (χ2n) is 6.78. The van der Waals surface area contributed by atoms with Gasteiger partial charge in [0.15, 0.2) is 0 Å². The number of nitrogens with zero attached hydrogens (tertiary/aromatic N) is 4. The van der Waals surface area contributed by atoms with Crippen LogP contribution in [0.25, 0.3) is 11.3 Å². The van der Waals surface area contributed by atoms with Crippen LogP contribution in [-0.4, -0.2) is 40.3 Å². The van der Waals surface area contributed by atoms with Crippen molar-refractivity contribution < 1.29 is 4.74 Å². The van der Waals surface area contributed by atoms with E-state index in [1.807, 2.05) is 24.3 Å².